The molecule has 1 fully saturated rings. The maximum Gasteiger partial charge on any atom is 0.254 e. The lowest BCUT2D eigenvalue weighted by molar-refractivity contribution is -0.132. The van der Waals surface area contributed by atoms with Crippen LogP contribution >= 0.6 is 0 Å². The van der Waals surface area contributed by atoms with Crippen molar-refractivity contribution in [3.8, 4) is 0 Å². The van der Waals surface area contributed by atoms with E-state index < -0.39 is 0 Å². The first-order chi connectivity index (χ1) is 11.1. The third-order valence-electron chi connectivity index (χ3n) is 3.89. The van der Waals surface area contributed by atoms with Crippen LogP contribution < -0.4 is 0 Å². The molecule has 0 bridgehead atoms. The van der Waals surface area contributed by atoms with Gasteiger partial charge in [0.05, 0.1) is 6.04 Å². The molecule has 0 N–H and O–H groups in total. The number of nitrogens with zero attached hydrogens (tertiary/aromatic N) is 2. The Morgan fingerprint density at radius 3 is 2.39 bits per heavy atom. The van der Waals surface area contributed by atoms with Gasteiger partial charge in [-0.05, 0) is 24.6 Å². The standard InChI is InChI=1S/C15H16N2O2.2C2H6/c1-3-14(18)16-8-12(9-16)17-7-11-5-4-10(2)6-13(11)15(17)19;2*1-2/h3-6,12H,1,7-9H2,2H3;2*1-2H3. The van der Waals surface area contributed by atoms with Gasteiger partial charge in [0.2, 0.25) is 5.91 Å². The van der Waals surface area contributed by atoms with Gasteiger partial charge in [0.15, 0.2) is 0 Å². The van der Waals surface area contributed by atoms with Crippen LogP contribution in [-0.4, -0.2) is 40.7 Å². The van der Waals surface area contributed by atoms with Crippen LogP contribution in [0.3, 0.4) is 0 Å². The van der Waals surface area contributed by atoms with Gasteiger partial charge < -0.3 is 9.80 Å². The molecular formula is C19H28N2O2. The molecule has 126 valence electrons. The summed E-state index contributed by atoms with van der Waals surface area (Å²) in [7, 11) is 0. The molecule has 0 saturated carbocycles. The van der Waals surface area contributed by atoms with Gasteiger partial charge in [-0.1, -0.05) is 52.0 Å². The predicted molar refractivity (Wildman–Crippen MR) is 94.3 cm³/mol. The third-order valence-corrected chi connectivity index (χ3v) is 3.89. The van der Waals surface area contributed by atoms with Gasteiger partial charge in [-0.3, -0.25) is 9.59 Å². The summed E-state index contributed by atoms with van der Waals surface area (Å²) in [6.07, 6.45) is 1.32. The van der Waals surface area contributed by atoms with Gasteiger partial charge in [-0.2, -0.15) is 0 Å². The first-order valence-electron chi connectivity index (χ1n) is 8.42. The van der Waals surface area contributed by atoms with E-state index in [2.05, 4.69) is 6.58 Å². The lowest BCUT2D eigenvalue weighted by Gasteiger charge is -2.43. The third kappa shape index (κ3) is 3.81. The summed E-state index contributed by atoms with van der Waals surface area (Å²) < 4.78 is 0. The summed E-state index contributed by atoms with van der Waals surface area (Å²) in [4.78, 5) is 27.3. The Morgan fingerprint density at radius 2 is 1.83 bits per heavy atom. The molecule has 2 aliphatic heterocycles. The van der Waals surface area contributed by atoms with Crippen molar-refractivity contribution in [2.24, 2.45) is 0 Å². The second kappa shape index (κ2) is 8.51. The molecule has 23 heavy (non-hydrogen) atoms. The van der Waals surface area contributed by atoms with E-state index >= 15 is 0 Å². The number of fused-ring (bicyclic) bond motifs is 1. The molecule has 1 saturated heterocycles. The van der Waals surface area contributed by atoms with Crippen molar-refractivity contribution in [2.75, 3.05) is 13.1 Å². The number of aryl methyl sites for hydroxylation is 1. The zero-order valence-corrected chi connectivity index (χ0v) is 14.9. The predicted octanol–water partition coefficient (Wildman–Crippen LogP) is 3.40. The smallest absolute Gasteiger partial charge is 0.254 e. The second-order valence-corrected chi connectivity index (χ2v) is 5.19. The lowest BCUT2D eigenvalue weighted by Crippen LogP contribution is -2.60. The molecule has 3 rings (SSSR count). The van der Waals surface area contributed by atoms with Crippen molar-refractivity contribution >= 4 is 11.8 Å². The zero-order chi connectivity index (χ0) is 17.6. The Kier molecular flexibility index (Phi) is 7.01. The summed E-state index contributed by atoms with van der Waals surface area (Å²) >= 11 is 0. The van der Waals surface area contributed by atoms with E-state index in [1.54, 1.807) is 4.90 Å². The Balaban J connectivity index is 0.000000615. The van der Waals surface area contributed by atoms with E-state index in [1.807, 2.05) is 57.7 Å². The molecule has 0 radical (unpaired) electrons. The number of benzene rings is 1. The van der Waals surface area contributed by atoms with Gasteiger partial charge in [0.1, 0.15) is 0 Å². The first-order valence-corrected chi connectivity index (χ1v) is 8.42. The van der Waals surface area contributed by atoms with Crippen LogP contribution in [0.1, 0.15) is 49.2 Å². The number of hydrogen-bond acceptors (Lipinski definition) is 2. The summed E-state index contributed by atoms with van der Waals surface area (Å²) in [6.45, 7) is 15.4. The van der Waals surface area contributed by atoms with Crippen molar-refractivity contribution in [1.82, 2.24) is 9.80 Å². The normalized spacial score (nSPS) is 15.6. The number of likely N-dealkylation sites (tertiary alicyclic amines) is 1. The number of amides is 2. The molecule has 0 aliphatic carbocycles. The van der Waals surface area contributed by atoms with Gasteiger partial charge in [-0.25, -0.2) is 0 Å². The minimum absolute atomic E-state index is 0.0590. The molecule has 1 aromatic carbocycles. The topological polar surface area (TPSA) is 40.6 Å². The summed E-state index contributed by atoms with van der Waals surface area (Å²) in [6, 6.07) is 6.14. The van der Waals surface area contributed by atoms with E-state index in [1.165, 1.54) is 6.08 Å². The molecule has 4 nitrogen and oxygen atoms in total. The van der Waals surface area contributed by atoms with Gasteiger partial charge in [0.25, 0.3) is 5.91 Å². The Labute approximate surface area is 139 Å². The fraction of sp³-hybridized carbons (Fsp3) is 0.474. The van der Waals surface area contributed by atoms with Crippen molar-refractivity contribution in [2.45, 2.75) is 47.2 Å². The maximum absolute atomic E-state index is 12.3. The highest BCUT2D eigenvalue weighted by Gasteiger charge is 2.40. The zero-order valence-electron chi connectivity index (χ0n) is 14.9. The molecule has 1 aromatic rings. The van der Waals surface area contributed by atoms with Crippen molar-refractivity contribution in [3.05, 3.63) is 47.5 Å². The van der Waals surface area contributed by atoms with E-state index in [4.69, 9.17) is 0 Å². The van der Waals surface area contributed by atoms with Crippen LogP contribution in [-0.2, 0) is 11.3 Å². The monoisotopic (exact) mass is 316 g/mol. The minimum Gasteiger partial charge on any atom is -0.335 e. The van der Waals surface area contributed by atoms with Crippen LogP contribution in [0.2, 0.25) is 0 Å². The Morgan fingerprint density at radius 1 is 1.22 bits per heavy atom. The summed E-state index contributed by atoms with van der Waals surface area (Å²) in [5, 5.41) is 0. The Bertz CT molecular complexity index is 575. The maximum atomic E-state index is 12.3. The highest BCUT2D eigenvalue weighted by atomic mass is 16.2. The van der Waals surface area contributed by atoms with Crippen LogP contribution in [0.15, 0.2) is 30.9 Å². The molecule has 0 unspecified atom stereocenters. The van der Waals surface area contributed by atoms with E-state index in [-0.39, 0.29) is 17.9 Å². The molecule has 2 heterocycles. The summed E-state index contributed by atoms with van der Waals surface area (Å²) in [5.74, 6) is 0.0330. The molecule has 0 spiro atoms. The Hall–Kier alpha value is -2.10. The molecule has 2 aliphatic rings. The molecule has 2 amide bonds. The molecular weight excluding hydrogens is 288 g/mol. The van der Waals surface area contributed by atoms with Crippen molar-refractivity contribution in [3.63, 3.8) is 0 Å². The SMILES string of the molecule is C=CC(=O)N1CC(N2Cc3ccc(C)cc3C2=O)C1.CC.CC. The quantitative estimate of drug-likeness (QED) is 0.785. The average molecular weight is 316 g/mol. The minimum atomic E-state index is -0.0590. The van der Waals surface area contributed by atoms with E-state index in [0.29, 0.717) is 19.6 Å². The van der Waals surface area contributed by atoms with Gasteiger partial charge in [-0.15, -0.1) is 0 Å². The highest BCUT2D eigenvalue weighted by molar-refractivity contribution is 5.99. The summed E-state index contributed by atoms with van der Waals surface area (Å²) in [5.41, 5.74) is 3.00. The van der Waals surface area contributed by atoms with Gasteiger partial charge >= 0.3 is 0 Å². The fourth-order valence-electron chi connectivity index (χ4n) is 2.69. The largest absolute Gasteiger partial charge is 0.335 e. The average Bonchev–Trinajstić information content (AvgIpc) is 2.86. The number of carbonyl (C=O) groups excluding carboxylic acids is 2. The molecule has 0 atom stereocenters. The van der Waals surface area contributed by atoms with Crippen molar-refractivity contribution < 1.29 is 9.59 Å². The second-order valence-electron chi connectivity index (χ2n) is 5.19. The van der Waals surface area contributed by atoms with Crippen LogP contribution in [0.4, 0.5) is 0 Å². The lowest BCUT2D eigenvalue weighted by atomic mass is 10.1. The number of carbonyl (C=O) groups is 2. The first kappa shape index (κ1) is 18.9. The van der Waals surface area contributed by atoms with Crippen molar-refractivity contribution in [1.29, 1.82) is 0 Å². The molecule has 4 heteroatoms. The number of hydrogen-bond donors (Lipinski definition) is 0. The van der Waals surface area contributed by atoms with Crippen LogP contribution in [0, 0.1) is 6.92 Å². The van der Waals surface area contributed by atoms with Crippen LogP contribution in [0.25, 0.3) is 0 Å². The van der Waals surface area contributed by atoms with Crippen LogP contribution in [0.5, 0.6) is 0 Å². The fourth-order valence-corrected chi connectivity index (χ4v) is 2.69. The highest BCUT2D eigenvalue weighted by Crippen LogP contribution is 2.28. The number of rotatable bonds is 2. The van der Waals surface area contributed by atoms with E-state index in [9.17, 15) is 9.59 Å². The van der Waals surface area contributed by atoms with E-state index in [0.717, 1.165) is 16.7 Å². The van der Waals surface area contributed by atoms with Gasteiger partial charge in [0, 0.05) is 25.2 Å². The molecule has 0 aromatic heterocycles.